The molecule has 0 unspecified atom stereocenters. The predicted octanol–water partition coefficient (Wildman–Crippen LogP) is 2.71. The number of nitro benzene ring substituents is 1. The van der Waals surface area contributed by atoms with Crippen LogP contribution in [0.1, 0.15) is 29.3 Å². The van der Waals surface area contributed by atoms with Gasteiger partial charge in [-0.2, -0.15) is 5.10 Å². The summed E-state index contributed by atoms with van der Waals surface area (Å²) < 4.78 is 0. The van der Waals surface area contributed by atoms with Crippen molar-refractivity contribution < 1.29 is 14.5 Å². The minimum Gasteiger partial charge on any atom is -0.326 e. The number of benzene rings is 2. The summed E-state index contributed by atoms with van der Waals surface area (Å²) in [5, 5.41) is 17.2. The van der Waals surface area contributed by atoms with Gasteiger partial charge in [0.25, 0.3) is 11.6 Å². The maximum absolute atomic E-state index is 12.0. The van der Waals surface area contributed by atoms with Crippen LogP contribution in [-0.2, 0) is 4.79 Å². The topological polar surface area (TPSA) is 114 Å². The summed E-state index contributed by atoms with van der Waals surface area (Å²) in [4.78, 5) is 33.5. The van der Waals surface area contributed by atoms with Crippen LogP contribution in [0.4, 0.5) is 11.4 Å². The molecule has 0 spiro atoms. The monoisotopic (exact) mass is 340 g/mol. The van der Waals surface area contributed by atoms with E-state index in [0.29, 0.717) is 23.2 Å². The Morgan fingerprint density at radius 3 is 2.56 bits per heavy atom. The summed E-state index contributed by atoms with van der Waals surface area (Å²) in [6, 6.07) is 12.2. The van der Waals surface area contributed by atoms with Crippen molar-refractivity contribution in [3.8, 4) is 0 Å². The molecule has 0 saturated heterocycles. The highest BCUT2D eigenvalue weighted by Gasteiger charge is 2.06. The van der Waals surface area contributed by atoms with Crippen LogP contribution in [0.2, 0.25) is 0 Å². The molecule has 0 aliphatic rings. The van der Waals surface area contributed by atoms with Gasteiger partial charge in [-0.1, -0.05) is 19.1 Å². The Bertz CT molecular complexity index is 816. The minimum atomic E-state index is -0.505. The van der Waals surface area contributed by atoms with Crippen LogP contribution in [0.25, 0.3) is 0 Å². The first kappa shape index (κ1) is 17.8. The van der Waals surface area contributed by atoms with Gasteiger partial charge in [0.2, 0.25) is 5.91 Å². The summed E-state index contributed by atoms with van der Waals surface area (Å²) in [6.45, 7) is 1.75. The van der Waals surface area contributed by atoms with Gasteiger partial charge < -0.3 is 5.32 Å². The Morgan fingerprint density at radius 2 is 1.92 bits per heavy atom. The molecule has 2 aromatic carbocycles. The molecule has 8 heteroatoms. The maximum Gasteiger partial charge on any atom is 0.271 e. The standard InChI is InChI=1S/C17H16N4O4/c1-2-16(22)19-14-8-6-13(7-9-14)17(23)20-18-11-12-4-3-5-15(10-12)21(24)25/h3-11H,2H2,1H3,(H,19,22)(H,20,23)/b18-11-. The largest absolute Gasteiger partial charge is 0.326 e. The van der Waals surface area contributed by atoms with Gasteiger partial charge in [0.15, 0.2) is 0 Å². The average Bonchev–Trinajstić information content (AvgIpc) is 2.62. The van der Waals surface area contributed by atoms with Crippen LogP contribution in [-0.4, -0.2) is 23.0 Å². The first-order valence-corrected chi connectivity index (χ1v) is 7.47. The van der Waals surface area contributed by atoms with Gasteiger partial charge in [-0.15, -0.1) is 0 Å². The molecule has 2 N–H and O–H groups in total. The van der Waals surface area contributed by atoms with Gasteiger partial charge >= 0.3 is 0 Å². The predicted molar refractivity (Wildman–Crippen MR) is 93.5 cm³/mol. The number of carbonyl (C=O) groups excluding carboxylic acids is 2. The van der Waals surface area contributed by atoms with E-state index in [1.54, 1.807) is 37.3 Å². The fourth-order valence-electron chi connectivity index (χ4n) is 1.90. The molecule has 0 radical (unpaired) electrons. The Kier molecular flexibility index (Phi) is 5.94. The molecule has 2 rings (SSSR count). The van der Waals surface area contributed by atoms with E-state index < -0.39 is 10.8 Å². The highest BCUT2D eigenvalue weighted by atomic mass is 16.6. The van der Waals surface area contributed by atoms with E-state index in [0.717, 1.165) is 0 Å². The third-order valence-electron chi connectivity index (χ3n) is 3.21. The molecule has 0 atom stereocenters. The number of non-ortho nitro benzene ring substituents is 1. The van der Waals surface area contributed by atoms with Crippen molar-refractivity contribution in [1.29, 1.82) is 0 Å². The summed E-state index contributed by atoms with van der Waals surface area (Å²) in [6.07, 6.45) is 1.69. The Morgan fingerprint density at radius 1 is 1.20 bits per heavy atom. The second-order valence-electron chi connectivity index (χ2n) is 5.03. The van der Waals surface area contributed by atoms with Crippen molar-refractivity contribution >= 4 is 29.4 Å². The van der Waals surface area contributed by atoms with Crippen LogP contribution >= 0.6 is 0 Å². The number of hydrazone groups is 1. The molecule has 2 aromatic rings. The summed E-state index contributed by atoms with van der Waals surface area (Å²) in [5.41, 5.74) is 3.74. The number of amides is 2. The Labute approximate surface area is 143 Å². The number of hydrogen-bond donors (Lipinski definition) is 2. The van der Waals surface area contributed by atoms with Crippen LogP contribution < -0.4 is 10.7 Å². The fraction of sp³-hybridized carbons (Fsp3) is 0.118. The van der Waals surface area contributed by atoms with E-state index in [-0.39, 0.29) is 11.6 Å². The van der Waals surface area contributed by atoms with Gasteiger partial charge in [-0.05, 0) is 24.3 Å². The van der Waals surface area contributed by atoms with Crippen molar-refractivity contribution in [3.63, 3.8) is 0 Å². The highest BCUT2D eigenvalue weighted by Crippen LogP contribution is 2.12. The molecule has 0 aromatic heterocycles. The second-order valence-corrected chi connectivity index (χ2v) is 5.03. The van der Waals surface area contributed by atoms with Gasteiger partial charge in [0.05, 0.1) is 11.1 Å². The van der Waals surface area contributed by atoms with E-state index in [9.17, 15) is 19.7 Å². The third kappa shape index (κ3) is 5.24. The van der Waals surface area contributed by atoms with Gasteiger partial charge in [-0.25, -0.2) is 5.43 Å². The zero-order valence-electron chi connectivity index (χ0n) is 13.4. The first-order valence-electron chi connectivity index (χ1n) is 7.47. The molecule has 8 nitrogen and oxygen atoms in total. The smallest absolute Gasteiger partial charge is 0.271 e. The Hall–Kier alpha value is -3.55. The lowest BCUT2D eigenvalue weighted by Crippen LogP contribution is -2.17. The number of nitrogens with one attached hydrogen (secondary N) is 2. The number of nitro groups is 1. The molecule has 2 amide bonds. The van der Waals surface area contributed by atoms with E-state index in [4.69, 9.17) is 0 Å². The van der Waals surface area contributed by atoms with Crippen molar-refractivity contribution in [2.45, 2.75) is 13.3 Å². The van der Waals surface area contributed by atoms with E-state index in [2.05, 4.69) is 15.8 Å². The van der Waals surface area contributed by atoms with Crippen molar-refractivity contribution in [1.82, 2.24) is 5.43 Å². The molecule has 25 heavy (non-hydrogen) atoms. The van der Waals surface area contributed by atoms with E-state index in [1.165, 1.54) is 24.4 Å². The number of hydrogen-bond acceptors (Lipinski definition) is 5. The number of carbonyl (C=O) groups is 2. The summed E-state index contributed by atoms with van der Waals surface area (Å²) in [5.74, 6) is -0.547. The van der Waals surface area contributed by atoms with E-state index >= 15 is 0 Å². The molecular weight excluding hydrogens is 324 g/mol. The van der Waals surface area contributed by atoms with Crippen LogP contribution in [0.3, 0.4) is 0 Å². The van der Waals surface area contributed by atoms with Gasteiger partial charge in [0.1, 0.15) is 0 Å². The quantitative estimate of drug-likeness (QED) is 0.478. The summed E-state index contributed by atoms with van der Waals surface area (Å²) in [7, 11) is 0. The zero-order valence-corrected chi connectivity index (χ0v) is 13.4. The third-order valence-corrected chi connectivity index (χ3v) is 3.21. The Balaban J connectivity index is 1.96. The summed E-state index contributed by atoms with van der Waals surface area (Å²) >= 11 is 0. The zero-order chi connectivity index (χ0) is 18.2. The lowest BCUT2D eigenvalue weighted by atomic mass is 10.2. The first-order chi connectivity index (χ1) is 12.0. The second kappa shape index (κ2) is 8.34. The fourth-order valence-corrected chi connectivity index (χ4v) is 1.90. The normalized spacial score (nSPS) is 10.4. The van der Waals surface area contributed by atoms with Crippen LogP contribution in [0, 0.1) is 10.1 Å². The maximum atomic E-state index is 12.0. The molecule has 0 saturated carbocycles. The molecule has 0 aliphatic heterocycles. The molecule has 128 valence electrons. The van der Waals surface area contributed by atoms with E-state index in [1.807, 2.05) is 0 Å². The van der Waals surface area contributed by atoms with Gasteiger partial charge in [0, 0.05) is 35.4 Å². The molecule has 0 heterocycles. The molecule has 0 bridgehead atoms. The van der Waals surface area contributed by atoms with Gasteiger partial charge in [-0.3, -0.25) is 19.7 Å². The lowest BCUT2D eigenvalue weighted by Gasteiger charge is -2.04. The van der Waals surface area contributed by atoms with Crippen molar-refractivity contribution in [3.05, 3.63) is 69.8 Å². The van der Waals surface area contributed by atoms with Crippen LogP contribution in [0.5, 0.6) is 0 Å². The van der Waals surface area contributed by atoms with Crippen molar-refractivity contribution in [2.75, 3.05) is 5.32 Å². The minimum absolute atomic E-state index is 0.0556. The number of nitrogens with zero attached hydrogens (tertiary/aromatic N) is 2. The molecular formula is C17H16N4O4. The lowest BCUT2D eigenvalue weighted by molar-refractivity contribution is -0.384. The number of anilines is 1. The van der Waals surface area contributed by atoms with Crippen LogP contribution in [0.15, 0.2) is 53.6 Å². The van der Waals surface area contributed by atoms with Crippen molar-refractivity contribution in [2.24, 2.45) is 5.10 Å². The molecule has 0 fully saturated rings. The molecule has 0 aliphatic carbocycles. The highest BCUT2D eigenvalue weighted by molar-refractivity contribution is 5.96. The average molecular weight is 340 g/mol. The number of rotatable bonds is 6. The SMILES string of the molecule is CCC(=O)Nc1ccc(C(=O)N/N=C\c2cccc([N+](=O)[O-])c2)cc1.